The van der Waals surface area contributed by atoms with Gasteiger partial charge >= 0.3 is 0 Å². The van der Waals surface area contributed by atoms with Gasteiger partial charge in [-0.3, -0.25) is 9.48 Å². The third kappa shape index (κ3) is 3.73. The van der Waals surface area contributed by atoms with E-state index < -0.39 is 5.82 Å². The molecule has 0 radical (unpaired) electrons. The number of aryl methyl sites for hydroxylation is 2. The van der Waals surface area contributed by atoms with Gasteiger partial charge in [-0.05, 0) is 47.9 Å². The fourth-order valence-corrected chi connectivity index (χ4v) is 3.84. The van der Waals surface area contributed by atoms with E-state index in [4.69, 9.17) is 4.74 Å². The molecule has 4 aromatic rings. The number of amides is 1. The van der Waals surface area contributed by atoms with Crippen LogP contribution in [0.3, 0.4) is 0 Å². The van der Waals surface area contributed by atoms with Gasteiger partial charge in [-0.25, -0.2) is 9.37 Å². The molecule has 32 heavy (non-hydrogen) atoms. The Morgan fingerprint density at radius 2 is 1.91 bits per heavy atom. The van der Waals surface area contributed by atoms with E-state index in [-0.39, 0.29) is 17.5 Å². The van der Waals surface area contributed by atoms with E-state index in [0.29, 0.717) is 18.7 Å². The first-order chi connectivity index (χ1) is 15.5. The molecule has 160 valence electrons. The summed E-state index contributed by atoms with van der Waals surface area (Å²) in [6, 6.07) is 16.5. The molecule has 5 rings (SSSR count). The zero-order valence-corrected chi connectivity index (χ0v) is 17.7. The van der Waals surface area contributed by atoms with Crippen LogP contribution >= 0.6 is 0 Å². The topological polar surface area (TPSA) is 60.2 Å². The van der Waals surface area contributed by atoms with Gasteiger partial charge in [0.25, 0.3) is 5.91 Å². The number of ether oxygens (including phenoxy) is 1. The van der Waals surface area contributed by atoms with Crippen molar-refractivity contribution in [3.63, 3.8) is 0 Å². The summed E-state index contributed by atoms with van der Waals surface area (Å²) < 4.78 is 21.7. The average molecular weight is 428 g/mol. The second-order valence-corrected chi connectivity index (χ2v) is 7.92. The van der Waals surface area contributed by atoms with E-state index in [9.17, 15) is 9.18 Å². The number of carbonyl (C=O) groups is 1. The van der Waals surface area contributed by atoms with Crippen molar-refractivity contribution >= 4 is 5.91 Å². The summed E-state index contributed by atoms with van der Waals surface area (Å²) in [5.74, 6) is -0.486. The molecule has 3 heterocycles. The summed E-state index contributed by atoms with van der Waals surface area (Å²) in [5.41, 5.74) is 4.92. The molecule has 1 aliphatic rings. The Morgan fingerprint density at radius 3 is 2.62 bits per heavy atom. The van der Waals surface area contributed by atoms with Gasteiger partial charge in [0, 0.05) is 38.1 Å². The Kier molecular flexibility index (Phi) is 4.93. The zero-order valence-electron chi connectivity index (χ0n) is 17.7. The quantitative estimate of drug-likeness (QED) is 0.455. The third-order valence-corrected chi connectivity index (χ3v) is 5.50. The lowest BCUT2D eigenvalue weighted by Gasteiger charge is -2.16. The molecular formula is C25H21FN4O2. The molecular weight excluding hydrogens is 407 g/mol. The number of halogens is 1. The molecule has 0 aliphatic carbocycles. The summed E-state index contributed by atoms with van der Waals surface area (Å²) in [5, 5.41) is 4.41. The van der Waals surface area contributed by atoms with Crippen LogP contribution in [0.5, 0.6) is 11.6 Å². The molecule has 1 amide bonds. The van der Waals surface area contributed by atoms with Crippen LogP contribution in [0.15, 0.2) is 67.0 Å². The molecule has 0 saturated carbocycles. The molecule has 2 aromatic carbocycles. The number of hydrogen-bond donors (Lipinski definition) is 0. The van der Waals surface area contributed by atoms with E-state index >= 15 is 0 Å². The van der Waals surface area contributed by atoms with Crippen molar-refractivity contribution in [3.8, 4) is 22.9 Å². The predicted octanol–water partition coefficient (Wildman–Crippen LogP) is 4.88. The van der Waals surface area contributed by atoms with Gasteiger partial charge in [-0.2, -0.15) is 5.10 Å². The molecule has 0 atom stereocenters. The average Bonchev–Trinajstić information content (AvgIpc) is 3.35. The Morgan fingerprint density at radius 1 is 1.09 bits per heavy atom. The molecule has 0 bridgehead atoms. The number of rotatable bonds is 5. The first-order valence-corrected chi connectivity index (χ1v) is 10.3. The largest absolute Gasteiger partial charge is 0.435 e. The van der Waals surface area contributed by atoms with E-state index in [2.05, 4.69) is 10.1 Å². The summed E-state index contributed by atoms with van der Waals surface area (Å²) in [4.78, 5) is 19.1. The van der Waals surface area contributed by atoms with Crippen LogP contribution in [0.2, 0.25) is 0 Å². The number of hydrogen-bond acceptors (Lipinski definition) is 4. The molecule has 0 N–H and O–H groups in total. The Balaban J connectivity index is 1.35. The second-order valence-electron chi connectivity index (χ2n) is 7.92. The highest BCUT2D eigenvalue weighted by Gasteiger charge is 2.32. The first kappa shape index (κ1) is 19.9. The molecule has 0 fully saturated rings. The summed E-state index contributed by atoms with van der Waals surface area (Å²) in [7, 11) is 1.88. The molecule has 0 unspecified atom stereocenters. The highest BCUT2D eigenvalue weighted by Crippen LogP contribution is 2.34. The summed E-state index contributed by atoms with van der Waals surface area (Å²) in [6.07, 6.45) is 3.48. The minimum Gasteiger partial charge on any atom is -0.435 e. The number of carbonyl (C=O) groups excluding carboxylic acids is 1. The highest BCUT2D eigenvalue weighted by molar-refractivity contribution is 6.00. The van der Waals surface area contributed by atoms with Gasteiger partial charge in [0.05, 0.1) is 5.69 Å². The fourth-order valence-electron chi connectivity index (χ4n) is 3.84. The van der Waals surface area contributed by atoms with Gasteiger partial charge in [-0.1, -0.05) is 30.3 Å². The van der Waals surface area contributed by atoms with Crippen LogP contribution in [0.1, 0.15) is 27.0 Å². The van der Waals surface area contributed by atoms with E-state index in [1.165, 1.54) is 6.07 Å². The maximum absolute atomic E-state index is 14.3. The van der Waals surface area contributed by atoms with Crippen molar-refractivity contribution in [2.45, 2.75) is 20.0 Å². The van der Waals surface area contributed by atoms with Crippen LogP contribution in [0.25, 0.3) is 11.3 Å². The number of fused-ring (bicyclic) bond motifs is 1. The van der Waals surface area contributed by atoms with Crippen LogP contribution in [0.4, 0.5) is 4.39 Å². The highest BCUT2D eigenvalue weighted by atomic mass is 19.1. The monoisotopic (exact) mass is 428 g/mol. The van der Waals surface area contributed by atoms with Crippen molar-refractivity contribution in [1.29, 1.82) is 0 Å². The standard InChI is InChI=1S/C25H21FN4O2/c1-16-3-8-22(20(26)13-16)32-24-23-19(9-11-27-24)15-30(25(23)31)14-17-4-6-18(7-5-17)21-10-12-29(2)28-21/h3-13H,14-15H2,1-2H3. The minimum absolute atomic E-state index is 0.0489. The zero-order chi connectivity index (χ0) is 22.2. The second kappa shape index (κ2) is 7.92. The van der Waals surface area contributed by atoms with Crippen molar-refractivity contribution in [2.24, 2.45) is 7.05 Å². The summed E-state index contributed by atoms with van der Waals surface area (Å²) >= 11 is 0. The Bertz CT molecular complexity index is 1310. The van der Waals surface area contributed by atoms with Crippen LogP contribution in [-0.2, 0) is 20.1 Å². The van der Waals surface area contributed by atoms with Gasteiger partial charge in [0.2, 0.25) is 5.88 Å². The smallest absolute Gasteiger partial charge is 0.260 e. The maximum atomic E-state index is 14.3. The lowest BCUT2D eigenvalue weighted by atomic mass is 10.1. The molecule has 1 aliphatic heterocycles. The van der Waals surface area contributed by atoms with Crippen molar-refractivity contribution in [2.75, 3.05) is 0 Å². The summed E-state index contributed by atoms with van der Waals surface area (Å²) in [6.45, 7) is 2.70. The van der Waals surface area contributed by atoms with E-state index in [1.807, 2.05) is 43.6 Å². The number of aromatic nitrogens is 3. The van der Waals surface area contributed by atoms with Crippen LogP contribution in [-0.4, -0.2) is 25.6 Å². The normalized spacial score (nSPS) is 12.8. The van der Waals surface area contributed by atoms with Crippen LogP contribution < -0.4 is 4.74 Å². The Hall–Kier alpha value is -4.00. The third-order valence-electron chi connectivity index (χ3n) is 5.50. The maximum Gasteiger partial charge on any atom is 0.260 e. The van der Waals surface area contributed by atoms with Gasteiger partial charge < -0.3 is 9.64 Å². The van der Waals surface area contributed by atoms with Crippen molar-refractivity contribution < 1.29 is 13.9 Å². The number of nitrogens with zero attached hydrogens (tertiary/aromatic N) is 4. The minimum atomic E-state index is -0.486. The molecule has 6 nitrogen and oxygen atoms in total. The lowest BCUT2D eigenvalue weighted by molar-refractivity contribution is 0.0764. The van der Waals surface area contributed by atoms with Gasteiger partial charge in [-0.15, -0.1) is 0 Å². The molecule has 0 spiro atoms. The SMILES string of the molecule is Cc1ccc(Oc2nccc3c2C(=O)N(Cc2ccc(-c4ccn(C)n4)cc2)C3)c(F)c1. The van der Waals surface area contributed by atoms with Crippen LogP contribution in [0, 0.1) is 12.7 Å². The molecule has 2 aromatic heterocycles. The van der Waals surface area contributed by atoms with E-state index in [0.717, 1.165) is 27.9 Å². The van der Waals surface area contributed by atoms with Gasteiger partial charge in [0.15, 0.2) is 11.6 Å². The number of pyridine rings is 1. The van der Waals surface area contributed by atoms with Gasteiger partial charge in [0.1, 0.15) is 5.56 Å². The lowest BCUT2D eigenvalue weighted by Crippen LogP contribution is -2.23. The molecule has 0 saturated heterocycles. The van der Waals surface area contributed by atoms with Crippen molar-refractivity contribution in [1.82, 2.24) is 19.7 Å². The van der Waals surface area contributed by atoms with E-state index in [1.54, 1.807) is 40.9 Å². The number of benzene rings is 2. The molecule has 7 heteroatoms. The first-order valence-electron chi connectivity index (χ1n) is 10.3. The fraction of sp³-hybridized carbons (Fsp3) is 0.160. The Labute approximate surface area is 184 Å². The van der Waals surface area contributed by atoms with Crippen molar-refractivity contribution in [3.05, 3.63) is 95.1 Å². The predicted molar refractivity (Wildman–Crippen MR) is 118 cm³/mol.